The summed E-state index contributed by atoms with van der Waals surface area (Å²) in [5.41, 5.74) is 1.33. The average molecular weight is 333 g/mol. The van der Waals surface area contributed by atoms with Crippen LogP contribution in [-0.2, 0) is 15.0 Å². The van der Waals surface area contributed by atoms with Gasteiger partial charge in [-0.2, -0.15) is 0 Å². The van der Waals surface area contributed by atoms with Crippen LogP contribution in [0.5, 0.6) is 0 Å². The van der Waals surface area contributed by atoms with E-state index in [0.717, 1.165) is 11.0 Å². The zero-order valence-corrected chi connectivity index (χ0v) is 15.2. The van der Waals surface area contributed by atoms with E-state index in [4.69, 9.17) is 9.47 Å². The maximum atomic E-state index is 13.1. The van der Waals surface area contributed by atoms with E-state index in [-0.39, 0.29) is 11.4 Å². The molecule has 2 rings (SSSR count). The third-order valence-corrected chi connectivity index (χ3v) is 3.93. The van der Waals surface area contributed by atoms with Gasteiger partial charge in [0, 0.05) is 50.6 Å². The van der Waals surface area contributed by atoms with E-state index in [2.05, 4.69) is 30.3 Å². The fourth-order valence-electron chi connectivity index (χ4n) is 2.63. The van der Waals surface area contributed by atoms with Gasteiger partial charge < -0.3 is 18.9 Å². The van der Waals surface area contributed by atoms with Crippen molar-refractivity contribution < 1.29 is 14.3 Å². The molecule has 2 aromatic rings. The number of carbonyl (C=O) groups is 1. The second-order valence-electron chi connectivity index (χ2n) is 6.74. The Balaban J connectivity index is 2.43. The lowest BCUT2D eigenvalue weighted by molar-refractivity contribution is 0.0629. The molecule has 0 aliphatic carbocycles. The molecule has 0 N–H and O–H groups in total. The summed E-state index contributed by atoms with van der Waals surface area (Å²) in [7, 11) is 3.27. The summed E-state index contributed by atoms with van der Waals surface area (Å²) < 4.78 is 12.3. The molecule has 1 amide bonds. The van der Waals surface area contributed by atoms with Crippen LogP contribution in [0.2, 0.25) is 0 Å². The smallest absolute Gasteiger partial charge is 0.256 e. The number of amides is 1. The van der Waals surface area contributed by atoms with Gasteiger partial charge in [0.15, 0.2) is 0 Å². The Kier molecular flexibility index (Phi) is 5.96. The summed E-state index contributed by atoms with van der Waals surface area (Å²) >= 11 is 0. The van der Waals surface area contributed by atoms with Gasteiger partial charge in [-0.15, -0.1) is 0 Å². The Morgan fingerprint density at radius 2 is 1.83 bits per heavy atom. The summed E-state index contributed by atoms with van der Waals surface area (Å²) in [6.45, 7) is 8.34. The van der Waals surface area contributed by atoms with Crippen LogP contribution < -0.4 is 0 Å². The van der Waals surface area contributed by atoms with Gasteiger partial charge >= 0.3 is 0 Å². The first kappa shape index (κ1) is 18.4. The summed E-state index contributed by atoms with van der Waals surface area (Å²) in [4.78, 5) is 19.3. The number of nitrogens with zero attached hydrogens (tertiary/aromatic N) is 3. The van der Waals surface area contributed by atoms with Gasteiger partial charge in [-0.1, -0.05) is 0 Å². The van der Waals surface area contributed by atoms with Crippen LogP contribution in [0.15, 0.2) is 24.5 Å². The van der Waals surface area contributed by atoms with Crippen molar-refractivity contribution in [3.8, 4) is 0 Å². The molecule has 0 aliphatic heterocycles. The SMILES string of the molecule is COCCN(CCOC)C(=O)c1cn(C(C)(C)C)c2ncccc12. The van der Waals surface area contributed by atoms with E-state index in [1.54, 1.807) is 25.3 Å². The zero-order chi connectivity index (χ0) is 17.7. The number of methoxy groups -OCH3 is 2. The Morgan fingerprint density at radius 3 is 2.38 bits per heavy atom. The highest BCUT2D eigenvalue weighted by atomic mass is 16.5. The number of pyridine rings is 1. The van der Waals surface area contributed by atoms with Crippen LogP contribution in [0.4, 0.5) is 0 Å². The zero-order valence-electron chi connectivity index (χ0n) is 15.2. The molecule has 24 heavy (non-hydrogen) atoms. The largest absolute Gasteiger partial charge is 0.383 e. The highest BCUT2D eigenvalue weighted by Crippen LogP contribution is 2.27. The Morgan fingerprint density at radius 1 is 1.21 bits per heavy atom. The van der Waals surface area contributed by atoms with Crippen LogP contribution in [0, 0.1) is 0 Å². The number of aromatic nitrogens is 2. The van der Waals surface area contributed by atoms with Crippen LogP contribution in [0.1, 0.15) is 31.1 Å². The van der Waals surface area contributed by atoms with E-state index >= 15 is 0 Å². The molecule has 6 heteroatoms. The Bertz CT molecular complexity index is 680. The number of hydrogen-bond donors (Lipinski definition) is 0. The summed E-state index contributed by atoms with van der Waals surface area (Å²) in [5, 5.41) is 0.872. The maximum Gasteiger partial charge on any atom is 0.256 e. The van der Waals surface area contributed by atoms with E-state index in [1.165, 1.54) is 0 Å². The van der Waals surface area contributed by atoms with Crippen LogP contribution in [0.3, 0.4) is 0 Å². The molecule has 0 spiro atoms. The van der Waals surface area contributed by atoms with Crippen molar-refractivity contribution in [1.82, 2.24) is 14.5 Å². The monoisotopic (exact) mass is 333 g/mol. The van der Waals surface area contributed by atoms with E-state index in [0.29, 0.717) is 31.9 Å². The van der Waals surface area contributed by atoms with Gasteiger partial charge in [-0.05, 0) is 32.9 Å². The molecule has 0 aliphatic rings. The second kappa shape index (κ2) is 7.77. The van der Waals surface area contributed by atoms with E-state index in [9.17, 15) is 4.79 Å². The standard InChI is InChI=1S/C18H27N3O3/c1-18(2,3)21-13-15(14-7-6-8-19-16(14)21)17(22)20(9-11-23-4)10-12-24-5/h6-8,13H,9-12H2,1-5H3. The van der Waals surface area contributed by atoms with Crippen molar-refractivity contribution in [2.75, 3.05) is 40.5 Å². The quantitative estimate of drug-likeness (QED) is 0.781. The Hall–Kier alpha value is -1.92. The van der Waals surface area contributed by atoms with Crippen LogP contribution >= 0.6 is 0 Å². The minimum absolute atomic E-state index is 0.0231. The number of hydrogen-bond acceptors (Lipinski definition) is 4. The number of carbonyl (C=O) groups excluding carboxylic acids is 1. The Labute approximate surface area is 143 Å². The molecule has 0 radical (unpaired) electrons. The predicted molar refractivity (Wildman–Crippen MR) is 94.4 cm³/mol. The molecule has 0 atom stereocenters. The van der Waals surface area contributed by atoms with Crippen molar-refractivity contribution in [3.05, 3.63) is 30.1 Å². The number of fused-ring (bicyclic) bond motifs is 1. The molecule has 132 valence electrons. The van der Waals surface area contributed by atoms with E-state index < -0.39 is 0 Å². The molecular formula is C18H27N3O3. The third-order valence-electron chi connectivity index (χ3n) is 3.93. The average Bonchev–Trinajstić information content (AvgIpc) is 2.94. The first-order valence-corrected chi connectivity index (χ1v) is 8.14. The summed E-state index contributed by atoms with van der Waals surface area (Å²) in [5.74, 6) is -0.0231. The van der Waals surface area contributed by atoms with Gasteiger partial charge in [0.05, 0.1) is 18.8 Å². The lowest BCUT2D eigenvalue weighted by atomic mass is 10.1. The second-order valence-corrected chi connectivity index (χ2v) is 6.74. The maximum absolute atomic E-state index is 13.1. The summed E-state index contributed by atoms with van der Waals surface area (Å²) in [6.07, 6.45) is 3.67. The molecule has 0 bridgehead atoms. The highest BCUT2D eigenvalue weighted by molar-refractivity contribution is 6.06. The molecule has 0 unspecified atom stereocenters. The van der Waals surface area contributed by atoms with Gasteiger partial charge in [-0.25, -0.2) is 4.98 Å². The van der Waals surface area contributed by atoms with Crippen LogP contribution in [-0.4, -0.2) is 60.9 Å². The van der Waals surface area contributed by atoms with Crippen molar-refractivity contribution in [1.29, 1.82) is 0 Å². The highest BCUT2D eigenvalue weighted by Gasteiger charge is 2.24. The van der Waals surface area contributed by atoms with E-state index in [1.807, 2.05) is 18.3 Å². The normalized spacial score (nSPS) is 11.9. The minimum atomic E-state index is -0.158. The first-order chi connectivity index (χ1) is 11.4. The summed E-state index contributed by atoms with van der Waals surface area (Å²) in [6, 6.07) is 3.81. The third kappa shape index (κ3) is 3.94. The molecular weight excluding hydrogens is 306 g/mol. The molecule has 2 heterocycles. The fraction of sp³-hybridized carbons (Fsp3) is 0.556. The predicted octanol–water partition coefficient (Wildman–Crippen LogP) is 2.53. The molecule has 0 saturated heterocycles. The molecule has 0 aromatic carbocycles. The van der Waals surface area contributed by atoms with Crippen molar-refractivity contribution in [3.63, 3.8) is 0 Å². The van der Waals surface area contributed by atoms with Crippen molar-refractivity contribution >= 4 is 16.9 Å². The minimum Gasteiger partial charge on any atom is -0.383 e. The number of ether oxygens (including phenoxy) is 2. The number of rotatable bonds is 7. The van der Waals surface area contributed by atoms with Gasteiger partial charge in [0.25, 0.3) is 5.91 Å². The van der Waals surface area contributed by atoms with Crippen molar-refractivity contribution in [2.24, 2.45) is 0 Å². The molecule has 2 aromatic heterocycles. The lowest BCUT2D eigenvalue weighted by Gasteiger charge is -2.23. The van der Waals surface area contributed by atoms with Gasteiger partial charge in [0.2, 0.25) is 0 Å². The molecule has 0 fully saturated rings. The lowest BCUT2D eigenvalue weighted by Crippen LogP contribution is -2.36. The van der Waals surface area contributed by atoms with Gasteiger partial charge in [0.1, 0.15) is 5.65 Å². The topological polar surface area (TPSA) is 56.6 Å². The molecule has 0 saturated carbocycles. The molecule has 6 nitrogen and oxygen atoms in total. The fourth-order valence-corrected chi connectivity index (χ4v) is 2.63. The first-order valence-electron chi connectivity index (χ1n) is 8.14. The van der Waals surface area contributed by atoms with Crippen molar-refractivity contribution in [2.45, 2.75) is 26.3 Å². The van der Waals surface area contributed by atoms with Gasteiger partial charge in [-0.3, -0.25) is 4.79 Å². The van der Waals surface area contributed by atoms with Crippen LogP contribution in [0.25, 0.3) is 11.0 Å².